The number of nitrogens with zero attached hydrogens (tertiary/aromatic N) is 2. The highest BCUT2D eigenvalue weighted by molar-refractivity contribution is 6.31. The van der Waals surface area contributed by atoms with Gasteiger partial charge in [-0.2, -0.15) is 0 Å². The number of carbonyl (C=O) groups excluding carboxylic acids is 1. The minimum Gasteiger partial charge on any atom is -0.480 e. The zero-order valence-corrected chi connectivity index (χ0v) is 11.4. The normalized spacial score (nSPS) is 16.2. The van der Waals surface area contributed by atoms with Crippen molar-refractivity contribution in [1.82, 2.24) is 9.80 Å². The molecule has 108 valence electrons. The Kier molecular flexibility index (Phi) is 4.57. The topological polar surface area (TPSA) is 60.9 Å². The minimum absolute atomic E-state index is 0.0234. The van der Waals surface area contributed by atoms with Crippen LogP contribution in [0.5, 0.6) is 0 Å². The quantitative estimate of drug-likeness (QED) is 0.914. The molecule has 0 atom stereocenters. The van der Waals surface area contributed by atoms with Gasteiger partial charge in [0.1, 0.15) is 5.82 Å². The number of halogens is 2. The van der Waals surface area contributed by atoms with Crippen molar-refractivity contribution in [3.63, 3.8) is 0 Å². The molecule has 1 heterocycles. The molecule has 1 aromatic carbocycles. The van der Waals surface area contributed by atoms with E-state index in [0.29, 0.717) is 31.7 Å². The summed E-state index contributed by atoms with van der Waals surface area (Å²) in [5, 5.41) is 8.62. The number of hydrogen-bond donors (Lipinski definition) is 1. The van der Waals surface area contributed by atoms with Crippen LogP contribution in [-0.4, -0.2) is 59.5 Å². The molecule has 1 amide bonds. The molecule has 0 unspecified atom stereocenters. The fourth-order valence-electron chi connectivity index (χ4n) is 2.11. The van der Waals surface area contributed by atoms with E-state index in [1.165, 1.54) is 12.1 Å². The molecule has 0 aliphatic carbocycles. The maximum atomic E-state index is 13.1. The molecule has 1 N–H and O–H groups in total. The Morgan fingerprint density at radius 3 is 2.45 bits per heavy atom. The van der Waals surface area contributed by atoms with Gasteiger partial charge < -0.3 is 10.0 Å². The van der Waals surface area contributed by atoms with E-state index in [9.17, 15) is 14.0 Å². The van der Waals surface area contributed by atoms with Crippen molar-refractivity contribution in [3.8, 4) is 0 Å². The fraction of sp³-hybridized carbons (Fsp3) is 0.385. The highest BCUT2D eigenvalue weighted by atomic mass is 35.5. The maximum absolute atomic E-state index is 13.1. The number of amides is 1. The van der Waals surface area contributed by atoms with Crippen molar-refractivity contribution in [2.45, 2.75) is 0 Å². The van der Waals surface area contributed by atoms with Gasteiger partial charge in [-0.1, -0.05) is 11.6 Å². The predicted octanol–water partition coefficient (Wildman–Crippen LogP) is 1.32. The van der Waals surface area contributed by atoms with Gasteiger partial charge in [0.25, 0.3) is 5.91 Å². The van der Waals surface area contributed by atoms with E-state index in [-0.39, 0.29) is 17.5 Å². The lowest BCUT2D eigenvalue weighted by molar-refractivity contribution is -0.138. The number of rotatable bonds is 3. The smallest absolute Gasteiger partial charge is 0.317 e. The van der Waals surface area contributed by atoms with Gasteiger partial charge in [-0.25, -0.2) is 4.39 Å². The van der Waals surface area contributed by atoms with Crippen molar-refractivity contribution >= 4 is 23.5 Å². The molecule has 0 radical (unpaired) electrons. The Morgan fingerprint density at radius 1 is 1.25 bits per heavy atom. The minimum atomic E-state index is -0.880. The van der Waals surface area contributed by atoms with Crippen molar-refractivity contribution < 1.29 is 19.1 Å². The second-order valence-electron chi connectivity index (χ2n) is 4.59. The molecular weight excluding hydrogens is 287 g/mol. The van der Waals surface area contributed by atoms with E-state index >= 15 is 0 Å². The molecule has 1 aliphatic heterocycles. The molecule has 1 saturated heterocycles. The number of carboxylic acid groups (broad SMARTS) is 1. The van der Waals surface area contributed by atoms with E-state index in [2.05, 4.69) is 0 Å². The summed E-state index contributed by atoms with van der Waals surface area (Å²) < 4.78 is 13.1. The average Bonchev–Trinajstić information content (AvgIpc) is 2.41. The predicted molar refractivity (Wildman–Crippen MR) is 71.4 cm³/mol. The highest BCUT2D eigenvalue weighted by Crippen LogP contribution is 2.18. The van der Waals surface area contributed by atoms with Gasteiger partial charge in [-0.15, -0.1) is 0 Å². The summed E-state index contributed by atoms with van der Waals surface area (Å²) in [4.78, 5) is 26.2. The number of carbonyl (C=O) groups is 2. The number of hydrogen-bond acceptors (Lipinski definition) is 3. The molecule has 2 rings (SSSR count). The van der Waals surface area contributed by atoms with Crippen molar-refractivity contribution in [2.24, 2.45) is 0 Å². The van der Waals surface area contributed by atoms with Crippen molar-refractivity contribution in [1.29, 1.82) is 0 Å². The molecule has 20 heavy (non-hydrogen) atoms. The summed E-state index contributed by atoms with van der Waals surface area (Å²) in [5.74, 6) is -1.66. The fourth-order valence-corrected chi connectivity index (χ4v) is 2.29. The Balaban J connectivity index is 1.97. The zero-order chi connectivity index (χ0) is 14.7. The van der Waals surface area contributed by atoms with Gasteiger partial charge in [0.2, 0.25) is 0 Å². The van der Waals surface area contributed by atoms with Crippen LogP contribution < -0.4 is 0 Å². The summed E-state index contributed by atoms with van der Waals surface area (Å²) in [6, 6.07) is 3.87. The van der Waals surface area contributed by atoms with Crippen LogP contribution in [0.15, 0.2) is 18.2 Å². The summed E-state index contributed by atoms with van der Waals surface area (Å²) >= 11 is 5.66. The lowest BCUT2D eigenvalue weighted by Crippen LogP contribution is -2.49. The van der Waals surface area contributed by atoms with E-state index in [4.69, 9.17) is 16.7 Å². The van der Waals surface area contributed by atoms with Gasteiger partial charge in [0.15, 0.2) is 0 Å². The van der Waals surface area contributed by atoms with Crippen LogP contribution in [0.25, 0.3) is 0 Å². The average molecular weight is 301 g/mol. The van der Waals surface area contributed by atoms with Gasteiger partial charge >= 0.3 is 5.97 Å². The van der Waals surface area contributed by atoms with Crippen LogP contribution >= 0.6 is 11.6 Å². The van der Waals surface area contributed by atoms with E-state index in [0.717, 1.165) is 6.07 Å². The maximum Gasteiger partial charge on any atom is 0.317 e. The number of benzene rings is 1. The molecule has 0 bridgehead atoms. The third-order valence-electron chi connectivity index (χ3n) is 3.18. The standard InChI is InChI=1S/C13H14ClFN2O3/c14-10-7-9(1-2-11(10)15)13(20)17-5-3-16(4-6-17)8-12(18)19/h1-2,7H,3-6,8H2,(H,18,19). The molecule has 0 spiro atoms. The first-order valence-electron chi connectivity index (χ1n) is 6.16. The first kappa shape index (κ1) is 14.7. The molecule has 0 saturated carbocycles. The van der Waals surface area contributed by atoms with Crippen LogP contribution in [-0.2, 0) is 4.79 Å². The van der Waals surface area contributed by atoms with E-state index < -0.39 is 11.8 Å². The Morgan fingerprint density at radius 2 is 1.90 bits per heavy atom. The third-order valence-corrected chi connectivity index (χ3v) is 3.47. The monoisotopic (exact) mass is 300 g/mol. The summed E-state index contributed by atoms with van der Waals surface area (Å²) in [5.41, 5.74) is 0.336. The SMILES string of the molecule is O=C(O)CN1CCN(C(=O)c2ccc(F)c(Cl)c2)CC1. The van der Waals surface area contributed by atoms with Crippen LogP contribution in [0.3, 0.4) is 0 Å². The molecule has 0 aromatic heterocycles. The lowest BCUT2D eigenvalue weighted by atomic mass is 10.1. The van der Waals surface area contributed by atoms with Gasteiger partial charge in [0, 0.05) is 31.7 Å². The first-order chi connectivity index (χ1) is 9.47. The zero-order valence-electron chi connectivity index (χ0n) is 10.7. The Labute approximate surface area is 120 Å². The number of piperazine rings is 1. The second kappa shape index (κ2) is 6.19. The van der Waals surface area contributed by atoms with Gasteiger partial charge in [-0.3, -0.25) is 14.5 Å². The number of aliphatic carboxylic acids is 1. The summed E-state index contributed by atoms with van der Waals surface area (Å²) in [7, 11) is 0. The Hall–Kier alpha value is -1.66. The second-order valence-corrected chi connectivity index (χ2v) is 5.00. The van der Waals surface area contributed by atoms with Crippen molar-refractivity contribution in [3.05, 3.63) is 34.6 Å². The largest absolute Gasteiger partial charge is 0.480 e. The molecule has 1 fully saturated rings. The van der Waals surface area contributed by atoms with Crippen LogP contribution in [0.2, 0.25) is 5.02 Å². The van der Waals surface area contributed by atoms with Crippen LogP contribution in [0.1, 0.15) is 10.4 Å². The van der Waals surface area contributed by atoms with Gasteiger partial charge in [-0.05, 0) is 18.2 Å². The van der Waals surface area contributed by atoms with Crippen LogP contribution in [0, 0.1) is 5.82 Å². The van der Waals surface area contributed by atoms with Crippen LogP contribution in [0.4, 0.5) is 4.39 Å². The van der Waals surface area contributed by atoms with Crippen molar-refractivity contribution in [2.75, 3.05) is 32.7 Å². The van der Waals surface area contributed by atoms with Gasteiger partial charge in [0.05, 0.1) is 11.6 Å². The van der Waals surface area contributed by atoms with E-state index in [1.807, 2.05) is 0 Å². The molecule has 1 aromatic rings. The lowest BCUT2D eigenvalue weighted by Gasteiger charge is -2.33. The summed E-state index contributed by atoms with van der Waals surface area (Å²) in [6.45, 7) is 1.88. The molecular formula is C13H14ClFN2O3. The van der Waals surface area contributed by atoms with E-state index in [1.54, 1.807) is 9.80 Å². The Bertz CT molecular complexity index is 530. The number of carboxylic acids is 1. The first-order valence-corrected chi connectivity index (χ1v) is 6.53. The summed E-state index contributed by atoms with van der Waals surface area (Å²) in [6.07, 6.45) is 0. The molecule has 5 nitrogen and oxygen atoms in total. The third kappa shape index (κ3) is 3.46. The molecule has 7 heteroatoms. The highest BCUT2D eigenvalue weighted by Gasteiger charge is 2.23. The molecule has 1 aliphatic rings.